The van der Waals surface area contributed by atoms with E-state index in [2.05, 4.69) is 0 Å². The van der Waals surface area contributed by atoms with Crippen LogP contribution in [0.15, 0.2) is 47.4 Å². The Morgan fingerprint density at radius 3 is 2.56 bits per heavy atom. The summed E-state index contributed by atoms with van der Waals surface area (Å²) in [4.78, 5) is 29.0. The summed E-state index contributed by atoms with van der Waals surface area (Å²) in [6.07, 6.45) is 1.89. The van der Waals surface area contributed by atoms with Crippen LogP contribution >= 0.6 is 11.6 Å². The van der Waals surface area contributed by atoms with Crippen LogP contribution in [-0.4, -0.2) is 33.2 Å². The normalized spacial score (nSPS) is 20.7. The molecule has 4 rings (SSSR count). The summed E-state index contributed by atoms with van der Waals surface area (Å²) in [6, 6.07) is 11.0. The highest BCUT2D eigenvalue weighted by molar-refractivity contribution is 7.79. The monoisotopic (exact) mass is 404 g/mol. The molecule has 0 saturated carbocycles. The first-order valence-corrected chi connectivity index (χ1v) is 10.1. The Labute approximate surface area is 164 Å². The van der Waals surface area contributed by atoms with Gasteiger partial charge in [-0.15, -0.1) is 0 Å². The number of hydrogen-bond donors (Lipinski definition) is 1. The lowest BCUT2D eigenvalue weighted by atomic mass is 9.99. The fourth-order valence-corrected chi connectivity index (χ4v) is 4.32. The summed E-state index contributed by atoms with van der Waals surface area (Å²) >= 11 is 3.99. The van der Waals surface area contributed by atoms with Gasteiger partial charge in [-0.3, -0.25) is 9.59 Å². The van der Waals surface area contributed by atoms with Crippen molar-refractivity contribution in [3.8, 4) is 0 Å². The van der Waals surface area contributed by atoms with Crippen LogP contribution in [-0.2, 0) is 27.1 Å². The SMILES string of the molecule is O=C1CC(N2CCCc3cc(Cl)ccc32)C(=O)N1c1ccc(S(=O)O)cc1. The van der Waals surface area contributed by atoms with E-state index < -0.39 is 17.1 Å². The first-order valence-electron chi connectivity index (χ1n) is 8.58. The van der Waals surface area contributed by atoms with Crippen LogP contribution in [0, 0.1) is 0 Å². The summed E-state index contributed by atoms with van der Waals surface area (Å²) in [7, 11) is 0. The summed E-state index contributed by atoms with van der Waals surface area (Å²) in [5.41, 5.74) is 2.45. The number of benzene rings is 2. The van der Waals surface area contributed by atoms with E-state index in [9.17, 15) is 13.8 Å². The van der Waals surface area contributed by atoms with Crippen LogP contribution in [0.25, 0.3) is 0 Å². The van der Waals surface area contributed by atoms with Gasteiger partial charge in [-0.25, -0.2) is 9.11 Å². The number of aryl methyl sites for hydroxylation is 1. The molecule has 6 nitrogen and oxygen atoms in total. The van der Waals surface area contributed by atoms with Crippen molar-refractivity contribution in [3.63, 3.8) is 0 Å². The van der Waals surface area contributed by atoms with Crippen LogP contribution < -0.4 is 9.80 Å². The number of halogens is 1. The number of carbonyl (C=O) groups is 2. The number of hydrogen-bond acceptors (Lipinski definition) is 4. The van der Waals surface area contributed by atoms with Crippen molar-refractivity contribution < 1.29 is 18.4 Å². The van der Waals surface area contributed by atoms with Crippen LogP contribution in [0.3, 0.4) is 0 Å². The standard InChI is InChI=1S/C19H17ClN2O4S/c20-13-3-8-16-12(10-13)2-1-9-21(16)17-11-18(23)22(19(17)24)14-4-6-15(7-5-14)27(25)26/h3-8,10,17H,1-2,9,11H2,(H,25,26). The second kappa shape index (κ2) is 7.07. The van der Waals surface area contributed by atoms with Crippen molar-refractivity contribution in [1.29, 1.82) is 0 Å². The predicted molar refractivity (Wildman–Crippen MR) is 103 cm³/mol. The van der Waals surface area contributed by atoms with E-state index in [0.717, 1.165) is 24.1 Å². The highest BCUT2D eigenvalue weighted by atomic mass is 35.5. The van der Waals surface area contributed by atoms with Gasteiger partial charge in [0.05, 0.1) is 17.0 Å². The van der Waals surface area contributed by atoms with Crippen molar-refractivity contribution in [3.05, 3.63) is 53.1 Å². The van der Waals surface area contributed by atoms with Crippen LogP contribution in [0.5, 0.6) is 0 Å². The van der Waals surface area contributed by atoms with E-state index in [1.165, 1.54) is 29.2 Å². The lowest BCUT2D eigenvalue weighted by molar-refractivity contribution is -0.121. The molecule has 0 aromatic heterocycles. The quantitative estimate of drug-likeness (QED) is 0.628. The molecule has 2 heterocycles. The molecule has 0 aliphatic carbocycles. The highest BCUT2D eigenvalue weighted by Gasteiger charge is 2.43. The van der Waals surface area contributed by atoms with Gasteiger partial charge in [-0.05, 0) is 60.9 Å². The van der Waals surface area contributed by atoms with Gasteiger partial charge >= 0.3 is 0 Å². The van der Waals surface area contributed by atoms with Crippen molar-refractivity contribution in [1.82, 2.24) is 0 Å². The average molecular weight is 405 g/mol. The molecule has 27 heavy (non-hydrogen) atoms. The van der Waals surface area contributed by atoms with Gasteiger partial charge in [0.15, 0.2) is 11.1 Å². The zero-order chi connectivity index (χ0) is 19.1. The first-order chi connectivity index (χ1) is 13.0. The molecule has 0 spiro atoms. The zero-order valence-electron chi connectivity index (χ0n) is 14.3. The summed E-state index contributed by atoms with van der Waals surface area (Å²) in [5.74, 6) is -0.551. The Morgan fingerprint density at radius 2 is 1.85 bits per heavy atom. The minimum absolute atomic E-state index is 0.106. The second-order valence-electron chi connectivity index (χ2n) is 6.60. The molecule has 1 saturated heterocycles. The lowest BCUT2D eigenvalue weighted by Crippen LogP contribution is -2.44. The third-order valence-corrected chi connectivity index (χ3v) is 5.90. The maximum Gasteiger partial charge on any atom is 0.256 e. The topological polar surface area (TPSA) is 77.9 Å². The fourth-order valence-electron chi connectivity index (χ4n) is 3.76. The van der Waals surface area contributed by atoms with Gasteiger partial charge in [-0.2, -0.15) is 0 Å². The van der Waals surface area contributed by atoms with Gasteiger partial charge in [0, 0.05) is 17.3 Å². The number of anilines is 2. The summed E-state index contributed by atoms with van der Waals surface area (Å²) < 4.78 is 20.2. The molecular weight excluding hydrogens is 388 g/mol. The molecule has 0 bridgehead atoms. The van der Waals surface area contributed by atoms with Crippen molar-refractivity contribution >= 4 is 45.9 Å². The maximum absolute atomic E-state index is 13.0. The molecule has 2 unspecified atom stereocenters. The molecule has 0 radical (unpaired) electrons. The van der Waals surface area contributed by atoms with E-state index in [-0.39, 0.29) is 23.1 Å². The molecule has 2 aromatic carbocycles. The molecule has 2 aromatic rings. The lowest BCUT2D eigenvalue weighted by Gasteiger charge is -2.35. The fraction of sp³-hybridized carbons (Fsp3) is 0.263. The van der Waals surface area contributed by atoms with Gasteiger partial charge in [0.1, 0.15) is 6.04 Å². The van der Waals surface area contributed by atoms with E-state index >= 15 is 0 Å². The molecule has 2 amide bonds. The number of rotatable bonds is 3. The third-order valence-electron chi connectivity index (χ3n) is 4.99. The van der Waals surface area contributed by atoms with Crippen molar-refractivity contribution in [2.75, 3.05) is 16.3 Å². The minimum atomic E-state index is -2.10. The van der Waals surface area contributed by atoms with E-state index in [0.29, 0.717) is 17.3 Å². The van der Waals surface area contributed by atoms with Crippen LogP contribution in [0.1, 0.15) is 18.4 Å². The number of carbonyl (C=O) groups excluding carboxylic acids is 2. The van der Waals surface area contributed by atoms with Gasteiger partial charge < -0.3 is 9.45 Å². The molecule has 1 N–H and O–H groups in total. The number of imide groups is 1. The zero-order valence-corrected chi connectivity index (χ0v) is 15.9. The largest absolute Gasteiger partial charge is 0.359 e. The van der Waals surface area contributed by atoms with E-state index in [1.807, 2.05) is 17.0 Å². The molecule has 140 valence electrons. The van der Waals surface area contributed by atoms with Gasteiger partial charge in [0.2, 0.25) is 5.91 Å². The Bertz CT molecular complexity index is 947. The summed E-state index contributed by atoms with van der Waals surface area (Å²) in [5, 5.41) is 0.660. The third kappa shape index (κ3) is 3.26. The molecule has 2 atom stereocenters. The second-order valence-corrected chi connectivity index (χ2v) is 8.01. The predicted octanol–water partition coefficient (Wildman–Crippen LogP) is 3.01. The van der Waals surface area contributed by atoms with Crippen LogP contribution in [0.2, 0.25) is 5.02 Å². The van der Waals surface area contributed by atoms with E-state index in [1.54, 1.807) is 6.07 Å². The molecule has 2 aliphatic heterocycles. The minimum Gasteiger partial charge on any atom is -0.359 e. The van der Waals surface area contributed by atoms with E-state index in [4.69, 9.17) is 16.2 Å². The molecule has 2 aliphatic rings. The number of amides is 2. The Morgan fingerprint density at radius 1 is 1.11 bits per heavy atom. The average Bonchev–Trinajstić information content (AvgIpc) is 2.95. The van der Waals surface area contributed by atoms with Crippen molar-refractivity contribution in [2.24, 2.45) is 0 Å². The molecule has 8 heteroatoms. The smallest absolute Gasteiger partial charge is 0.256 e. The Hall–Kier alpha value is -2.22. The first kappa shape index (κ1) is 18.2. The van der Waals surface area contributed by atoms with Gasteiger partial charge in [-0.1, -0.05) is 11.6 Å². The summed E-state index contributed by atoms with van der Waals surface area (Å²) in [6.45, 7) is 0.703. The molecule has 1 fully saturated rings. The Kier molecular flexibility index (Phi) is 4.75. The number of nitrogens with zero attached hydrogens (tertiary/aromatic N) is 2. The highest BCUT2D eigenvalue weighted by Crippen LogP contribution is 2.35. The van der Waals surface area contributed by atoms with Crippen molar-refractivity contribution in [2.45, 2.75) is 30.2 Å². The van der Waals surface area contributed by atoms with Crippen LogP contribution in [0.4, 0.5) is 11.4 Å². The Balaban J connectivity index is 1.63. The van der Waals surface area contributed by atoms with Gasteiger partial charge in [0.25, 0.3) is 5.91 Å². The maximum atomic E-state index is 13.0. The molecular formula is C19H17ClN2O4S. The number of fused-ring (bicyclic) bond motifs is 1.